The van der Waals surface area contributed by atoms with Gasteiger partial charge in [-0.05, 0) is 31.9 Å². The lowest BCUT2D eigenvalue weighted by molar-refractivity contribution is 0.0927. The Balaban J connectivity index is 1.80. The van der Waals surface area contributed by atoms with Crippen LogP contribution in [0.5, 0.6) is 0 Å². The van der Waals surface area contributed by atoms with Gasteiger partial charge in [0.2, 0.25) is 0 Å². The average Bonchev–Trinajstić information content (AvgIpc) is 3.11. The van der Waals surface area contributed by atoms with Crippen molar-refractivity contribution >= 4 is 16.9 Å². The van der Waals surface area contributed by atoms with E-state index in [1.54, 1.807) is 6.07 Å². The Morgan fingerprint density at radius 2 is 1.95 bits per heavy atom. The van der Waals surface area contributed by atoms with E-state index in [1.165, 1.54) is 6.26 Å². The second-order valence-electron chi connectivity index (χ2n) is 5.46. The summed E-state index contributed by atoms with van der Waals surface area (Å²) in [6, 6.07) is 5.84. The third-order valence-electron chi connectivity index (χ3n) is 3.85. The molecular formula is C17H18N2O3. The molecule has 5 heteroatoms. The number of hydrogen-bond donors (Lipinski definition) is 1. The highest BCUT2D eigenvalue weighted by molar-refractivity contribution is 6.00. The lowest BCUT2D eigenvalue weighted by Gasteiger charge is -2.02. The van der Waals surface area contributed by atoms with Crippen LogP contribution in [0.3, 0.4) is 0 Å². The second kappa shape index (κ2) is 5.67. The molecule has 0 aliphatic carbocycles. The zero-order valence-electron chi connectivity index (χ0n) is 12.9. The van der Waals surface area contributed by atoms with E-state index in [2.05, 4.69) is 10.5 Å². The van der Waals surface area contributed by atoms with Gasteiger partial charge in [-0.1, -0.05) is 17.3 Å². The number of carbonyl (C=O) groups is 1. The second-order valence-corrected chi connectivity index (χ2v) is 5.46. The summed E-state index contributed by atoms with van der Waals surface area (Å²) < 4.78 is 10.6. The van der Waals surface area contributed by atoms with E-state index >= 15 is 0 Å². The maximum absolute atomic E-state index is 12.3. The van der Waals surface area contributed by atoms with Gasteiger partial charge in [0.25, 0.3) is 5.91 Å². The monoisotopic (exact) mass is 298 g/mol. The van der Waals surface area contributed by atoms with Gasteiger partial charge < -0.3 is 14.3 Å². The van der Waals surface area contributed by atoms with E-state index in [0.717, 1.165) is 33.4 Å². The fourth-order valence-electron chi connectivity index (χ4n) is 2.64. The predicted octanol–water partition coefficient (Wildman–Crippen LogP) is 3.32. The molecule has 0 saturated heterocycles. The van der Waals surface area contributed by atoms with Crippen molar-refractivity contribution in [3.63, 3.8) is 0 Å². The zero-order chi connectivity index (χ0) is 15.7. The van der Waals surface area contributed by atoms with Crippen LogP contribution in [-0.4, -0.2) is 17.6 Å². The largest absolute Gasteiger partial charge is 0.450 e. The van der Waals surface area contributed by atoms with Gasteiger partial charge in [0.15, 0.2) is 5.76 Å². The number of nitrogens with one attached hydrogen (secondary N) is 1. The molecule has 1 amide bonds. The van der Waals surface area contributed by atoms with E-state index in [0.29, 0.717) is 18.7 Å². The maximum atomic E-state index is 12.3. The highest BCUT2D eigenvalue weighted by Crippen LogP contribution is 2.30. The molecule has 2 heterocycles. The molecule has 0 aliphatic heterocycles. The molecule has 0 radical (unpaired) electrons. The minimum Gasteiger partial charge on any atom is -0.450 e. The number of carbonyl (C=O) groups excluding carboxylic acids is 1. The van der Waals surface area contributed by atoms with Crippen LogP contribution >= 0.6 is 0 Å². The molecule has 0 spiro atoms. The Labute approximate surface area is 128 Å². The summed E-state index contributed by atoms with van der Waals surface area (Å²) >= 11 is 0. The van der Waals surface area contributed by atoms with Crippen molar-refractivity contribution in [2.24, 2.45) is 0 Å². The summed E-state index contributed by atoms with van der Waals surface area (Å²) in [5.74, 6) is 0.184. The number of amides is 1. The summed E-state index contributed by atoms with van der Waals surface area (Å²) in [6.07, 6.45) is 2.14. The van der Waals surface area contributed by atoms with E-state index < -0.39 is 0 Å². The number of aryl methyl sites for hydroxylation is 3. The maximum Gasteiger partial charge on any atom is 0.287 e. The highest BCUT2D eigenvalue weighted by atomic mass is 16.5. The molecule has 1 N–H and O–H groups in total. The number of aromatic nitrogens is 1. The zero-order valence-corrected chi connectivity index (χ0v) is 12.9. The summed E-state index contributed by atoms with van der Waals surface area (Å²) in [7, 11) is 0. The fraction of sp³-hybridized carbons (Fsp3) is 0.294. The van der Waals surface area contributed by atoms with Crippen molar-refractivity contribution < 1.29 is 13.7 Å². The van der Waals surface area contributed by atoms with Crippen LogP contribution in [0.2, 0.25) is 0 Å². The van der Waals surface area contributed by atoms with Crippen molar-refractivity contribution in [1.82, 2.24) is 10.5 Å². The molecule has 22 heavy (non-hydrogen) atoms. The lowest BCUT2D eigenvalue weighted by Crippen LogP contribution is -2.25. The first-order valence-corrected chi connectivity index (χ1v) is 7.24. The first-order chi connectivity index (χ1) is 10.6. The third kappa shape index (κ3) is 2.50. The van der Waals surface area contributed by atoms with Gasteiger partial charge in [0.05, 0.1) is 5.69 Å². The average molecular weight is 298 g/mol. The van der Waals surface area contributed by atoms with Gasteiger partial charge in [0.1, 0.15) is 11.8 Å². The topological polar surface area (TPSA) is 68.3 Å². The molecule has 2 aromatic heterocycles. The summed E-state index contributed by atoms with van der Waals surface area (Å²) in [5.41, 5.74) is 4.64. The number of nitrogens with zero attached hydrogens (tertiary/aromatic N) is 1. The standard InChI is InChI=1S/C17H18N2O3/c1-10-4-5-11(2)15-14(10)12(3)16(22-15)17(20)18-8-6-13-7-9-21-19-13/h4-5,7,9H,6,8H2,1-3H3,(H,18,20). The Hall–Kier alpha value is -2.56. The molecule has 114 valence electrons. The van der Waals surface area contributed by atoms with Gasteiger partial charge in [-0.3, -0.25) is 4.79 Å². The van der Waals surface area contributed by atoms with Crippen LogP contribution < -0.4 is 5.32 Å². The summed E-state index contributed by atoms with van der Waals surface area (Å²) in [4.78, 5) is 12.3. The van der Waals surface area contributed by atoms with E-state index in [9.17, 15) is 4.79 Å². The van der Waals surface area contributed by atoms with Crippen molar-refractivity contribution in [3.8, 4) is 0 Å². The van der Waals surface area contributed by atoms with E-state index in [-0.39, 0.29) is 5.91 Å². The number of hydrogen-bond acceptors (Lipinski definition) is 4. The van der Waals surface area contributed by atoms with Gasteiger partial charge in [0, 0.05) is 30.0 Å². The molecule has 0 bridgehead atoms. The Kier molecular flexibility index (Phi) is 3.71. The number of benzene rings is 1. The quantitative estimate of drug-likeness (QED) is 0.802. The molecule has 1 aromatic carbocycles. The molecule has 0 unspecified atom stereocenters. The van der Waals surface area contributed by atoms with Gasteiger partial charge in [-0.2, -0.15) is 0 Å². The Morgan fingerprint density at radius 3 is 2.64 bits per heavy atom. The molecule has 0 saturated carbocycles. The van der Waals surface area contributed by atoms with Gasteiger partial charge in [-0.25, -0.2) is 0 Å². The van der Waals surface area contributed by atoms with Crippen LogP contribution in [0.25, 0.3) is 11.0 Å². The van der Waals surface area contributed by atoms with Crippen LogP contribution in [-0.2, 0) is 6.42 Å². The molecule has 0 aliphatic rings. The normalized spacial score (nSPS) is 11.0. The van der Waals surface area contributed by atoms with Crippen molar-refractivity contribution in [3.05, 3.63) is 52.6 Å². The molecule has 3 aromatic rings. The number of furan rings is 1. The molecule has 3 rings (SSSR count). The first kappa shape index (κ1) is 14.4. The number of rotatable bonds is 4. The first-order valence-electron chi connectivity index (χ1n) is 7.24. The van der Waals surface area contributed by atoms with E-state index in [4.69, 9.17) is 8.94 Å². The Morgan fingerprint density at radius 1 is 1.18 bits per heavy atom. The van der Waals surface area contributed by atoms with Gasteiger partial charge in [-0.15, -0.1) is 0 Å². The molecule has 0 atom stereocenters. The molecule has 0 fully saturated rings. The van der Waals surface area contributed by atoms with Crippen LogP contribution in [0.1, 0.15) is 32.9 Å². The Bertz CT molecular complexity index is 816. The lowest BCUT2D eigenvalue weighted by atomic mass is 10.0. The predicted molar refractivity (Wildman–Crippen MR) is 83.0 cm³/mol. The molecule has 5 nitrogen and oxygen atoms in total. The van der Waals surface area contributed by atoms with Crippen molar-refractivity contribution in [2.45, 2.75) is 27.2 Å². The minimum atomic E-state index is -0.198. The number of fused-ring (bicyclic) bond motifs is 1. The summed E-state index contributed by atoms with van der Waals surface area (Å²) in [5, 5.41) is 7.70. The summed E-state index contributed by atoms with van der Waals surface area (Å²) in [6.45, 7) is 6.41. The SMILES string of the molecule is Cc1ccc(C)c2c(C)c(C(=O)NCCc3ccon3)oc12. The molecular weight excluding hydrogens is 280 g/mol. The fourth-order valence-corrected chi connectivity index (χ4v) is 2.64. The van der Waals surface area contributed by atoms with Crippen LogP contribution in [0.15, 0.2) is 33.4 Å². The third-order valence-corrected chi connectivity index (χ3v) is 3.85. The van der Waals surface area contributed by atoms with Crippen LogP contribution in [0, 0.1) is 20.8 Å². The van der Waals surface area contributed by atoms with Crippen LogP contribution in [0.4, 0.5) is 0 Å². The smallest absolute Gasteiger partial charge is 0.287 e. The van der Waals surface area contributed by atoms with Crippen molar-refractivity contribution in [1.29, 1.82) is 0 Å². The van der Waals surface area contributed by atoms with Crippen molar-refractivity contribution in [2.75, 3.05) is 6.54 Å². The minimum absolute atomic E-state index is 0.198. The highest BCUT2D eigenvalue weighted by Gasteiger charge is 2.19. The van der Waals surface area contributed by atoms with Gasteiger partial charge >= 0.3 is 0 Å². The van der Waals surface area contributed by atoms with E-state index in [1.807, 2.05) is 32.9 Å².